The van der Waals surface area contributed by atoms with Gasteiger partial charge in [0.15, 0.2) is 0 Å². The average Bonchev–Trinajstić information content (AvgIpc) is 2.38. The summed E-state index contributed by atoms with van der Waals surface area (Å²) in [7, 11) is 0. The maximum absolute atomic E-state index is 6.05. The van der Waals surface area contributed by atoms with Gasteiger partial charge in [0, 0.05) is 21.8 Å². The first kappa shape index (κ1) is 11.4. The van der Waals surface area contributed by atoms with Crippen molar-refractivity contribution in [1.29, 1.82) is 0 Å². The zero-order valence-electron chi connectivity index (χ0n) is 9.95. The summed E-state index contributed by atoms with van der Waals surface area (Å²) in [6.07, 6.45) is 2.14. The first-order valence-electron chi connectivity index (χ1n) is 6.06. The highest BCUT2D eigenvalue weighted by molar-refractivity contribution is 6.31. The monoisotopic (exact) mass is 259 g/mol. The molecule has 0 aromatic heterocycles. The van der Waals surface area contributed by atoms with Crippen LogP contribution in [0.1, 0.15) is 12.0 Å². The summed E-state index contributed by atoms with van der Waals surface area (Å²) < 4.78 is 5.81. The smallest absolute Gasteiger partial charge is 0.130 e. The fraction of sp³-hybridized carbons (Fsp3) is 0.200. The minimum atomic E-state index is 0.655. The molecule has 1 aliphatic heterocycles. The zero-order valence-corrected chi connectivity index (χ0v) is 10.7. The van der Waals surface area contributed by atoms with Crippen molar-refractivity contribution in [3.63, 3.8) is 0 Å². The SMILES string of the molecule is Nc1cc(Cl)ccc1-c1cccc2c1OCCC2. The quantitative estimate of drug-likeness (QED) is 0.788. The lowest BCUT2D eigenvalue weighted by molar-refractivity contribution is 0.289. The van der Waals surface area contributed by atoms with Crippen LogP contribution in [0, 0.1) is 0 Å². The molecule has 18 heavy (non-hydrogen) atoms. The number of rotatable bonds is 1. The van der Waals surface area contributed by atoms with Crippen molar-refractivity contribution in [2.24, 2.45) is 0 Å². The third-order valence-electron chi connectivity index (χ3n) is 3.24. The Morgan fingerprint density at radius 3 is 2.83 bits per heavy atom. The molecule has 0 spiro atoms. The molecule has 2 nitrogen and oxygen atoms in total. The number of hydrogen-bond acceptors (Lipinski definition) is 2. The molecular formula is C15H14ClNO. The summed E-state index contributed by atoms with van der Waals surface area (Å²) in [4.78, 5) is 0. The molecule has 0 radical (unpaired) electrons. The van der Waals surface area contributed by atoms with Gasteiger partial charge in [-0.2, -0.15) is 0 Å². The van der Waals surface area contributed by atoms with E-state index >= 15 is 0 Å². The summed E-state index contributed by atoms with van der Waals surface area (Å²) in [5.41, 5.74) is 10.0. The molecule has 0 unspecified atom stereocenters. The third kappa shape index (κ3) is 1.93. The third-order valence-corrected chi connectivity index (χ3v) is 3.47. The molecule has 2 aromatic carbocycles. The van der Waals surface area contributed by atoms with Crippen LogP contribution in [0.3, 0.4) is 0 Å². The highest BCUT2D eigenvalue weighted by Gasteiger charge is 2.16. The fourth-order valence-corrected chi connectivity index (χ4v) is 2.56. The van der Waals surface area contributed by atoms with Crippen molar-refractivity contribution in [1.82, 2.24) is 0 Å². The fourth-order valence-electron chi connectivity index (χ4n) is 2.38. The van der Waals surface area contributed by atoms with Crippen LogP contribution in [-0.4, -0.2) is 6.61 Å². The molecule has 0 saturated carbocycles. The number of ether oxygens (including phenoxy) is 1. The second kappa shape index (κ2) is 4.54. The molecule has 0 atom stereocenters. The van der Waals surface area contributed by atoms with Crippen molar-refractivity contribution < 1.29 is 4.74 Å². The van der Waals surface area contributed by atoms with Gasteiger partial charge in [-0.25, -0.2) is 0 Å². The maximum Gasteiger partial charge on any atom is 0.130 e. The number of benzene rings is 2. The minimum absolute atomic E-state index is 0.655. The predicted octanol–water partition coefficient (Wildman–Crippen LogP) is 3.91. The predicted molar refractivity (Wildman–Crippen MR) is 75.1 cm³/mol. The molecule has 1 aliphatic rings. The van der Waals surface area contributed by atoms with E-state index in [1.54, 1.807) is 6.07 Å². The van der Waals surface area contributed by atoms with Crippen LogP contribution in [0.5, 0.6) is 5.75 Å². The van der Waals surface area contributed by atoms with Crippen LogP contribution in [0.25, 0.3) is 11.1 Å². The summed E-state index contributed by atoms with van der Waals surface area (Å²) in [5.74, 6) is 0.970. The van der Waals surface area contributed by atoms with Crippen LogP contribution in [0.2, 0.25) is 5.02 Å². The van der Waals surface area contributed by atoms with Gasteiger partial charge in [0.1, 0.15) is 5.75 Å². The van der Waals surface area contributed by atoms with E-state index in [1.165, 1.54) is 5.56 Å². The number of fused-ring (bicyclic) bond motifs is 1. The molecule has 0 bridgehead atoms. The normalized spacial score (nSPS) is 13.8. The van der Waals surface area contributed by atoms with Gasteiger partial charge in [-0.15, -0.1) is 0 Å². The summed E-state index contributed by atoms with van der Waals surface area (Å²) >= 11 is 5.94. The van der Waals surface area contributed by atoms with E-state index in [1.807, 2.05) is 18.2 Å². The molecule has 2 N–H and O–H groups in total. The first-order valence-corrected chi connectivity index (χ1v) is 6.43. The lowest BCUT2D eigenvalue weighted by atomic mass is 9.97. The average molecular weight is 260 g/mol. The van der Waals surface area contributed by atoms with Crippen LogP contribution in [-0.2, 0) is 6.42 Å². The van der Waals surface area contributed by atoms with Gasteiger partial charge >= 0.3 is 0 Å². The summed E-state index contributed by atoms with van der Waals surface area (Å²) in [5, 5.41) is 0.655. The topological polar surface area (TPSA) is 35.2 Å². The lowest BCUT2D eigenvalue weighted by Gasteiger charge is -2.21. The number of aryl methyl sites for hydroxylation is 1. The van der Waals surface area contributed by atoms with Gasteiger partial charge < -0.3 is 10.5 Å². The van der Waals surface area contributed by atoms with Crippen LogP contribution >= 0.6 is 11.6 Å². The Kier molecular flexibility index (Phi) is 2.88. The molecule has 0 aliphatic carbocycles. The number of nitrogens with two attached hydrogens (primary N) is 1. The van der Waals surface area contributed by atoms with Crippen molar-refractivity contribution in [3.8, 4) is 16.9 Å². The number of para-hydroxylation sites is 1. The van der Waals surface area contributed by atoms with Gasteiger partial charge in [0.2, 0.25) is 0 Å². The Hall–Kier alpha value is -1.67. The molecule has 1 heterocycles. The molecular weight excluding hydrogens is 246 g/mol. The van der Waals surface area contributed by atoms with Gasteiger partial charge in [-0.1, -0.05) is 35.9 Å². The molecule has 3 heteroatoms. The van der Waals surface area contributed by atoms with E-state index in [0.29, 0.717) is 10.7 Å². The van der Waals surface area contributed by atoms with Crippen molar-refractivity contribution >= 4 is 17.3 Å². The summed E-state index contributed by atoms with van der Waals surface area (Å²) in [6.45, 7) is 0.775. The van der Waals surface area contributed by atoms with E-state index in [0.717, 1.165) is 36.3 Å². The number of halogens is 1. The van der Waals surface area contributed by atoms with Gasteiger partial charge in [0.25, 0.3) is 0 Å². The first-order chi connectivity index (χ1) is 8.75. The highest BCUT2D eigenvalue weighted by Crippen LogP contribution is 2.39. The maximum atomic E-state index is 6.05. The molecule has 3 rings (SSSR count). The highest BCUT2D eigenvalue weighted by atomic mass is 35.5. The molecule has 0 amide bonds. The Morgan fingerprint density at radius 1 is 1.11 bits per heavy atom. The molecule has 2 aromatic rings. The van der Waals surface area contributed by atoms with Gasteiger partial charge in [0.05, 0.1) is 6.61 Å². The second-order valence-electron chi connectivity index (χ2n) is 4.48. The molecule has 0 fully saturated rings. The van der Waals surface area contributed by atoms with Crippen LogP contribution in [0.4, 0.5) is 5.69 Å². The number of nitrogen functional groups attached to an aromatic ring is 1. The second-order valence-corrected chi connectivity index (χ2v) is 4.91. The molecule has 0 saturated heterocycles. The molecule has 92 valence electrons. The van der Waals surface area contributed by atoms with Crippen LogP contribution in [0.15, 0.2) is 36.4 Å². The van der Waals surface area contributed by atoms with Crippen molar-refractivity contribution in [3.05, 3.63) is 47.0 Å². The van der Waals surface area contributed by atoms with E-state index in [9.17, 15) is 0 Å². The van der Waals surface area contributed by atoms with Crippen LogP contribution < -0.4 is 10.5 Å². The Balaban J connectivity index is 2.17. The van der Waals surface area contributed by atoms with Gasteiger partial charge in [-0.05, 0) is 30.5 Å². The summed E-state index contributed by atoms with van der Waals surface area (Å²) in [6, 6.07) is 11.8. The Morgan fingerprint density at radius 2 is 2.00 bits per heavy atom. The van der Waals surface area contributed by atoms with Crippen molar-refractivity contribution in [2.75, 3.05) is 12.3 Å². The number of anilines is 1. The lowest BCUT2D eigenvalue weighted by Crippen LogP contribution is -2.09. The standard InChI is InChI=1S/C15H14ClNO/c16-11-6-7-12(14(17)9-11)13-5-1-3-10-4-2-8-18-15(10)13/h1,3,5-7,9H,2,4,8,17H2. The largest absolute Gasteiger partial charge is 0.493 e. The van der Waals surface area contributed by atoms with E-state index in [4.69, 9.17) is 22.1 Å². The minimum Gasteiger partial charge on any atom is -0.493 e. The zero-order chi connectivity index (χ0) is 12.5. The van der Waals surface area contributed by atoms with E-state index in [2.05, 4.69) is 12.1 Å². The Labute approximate surface area is 111 Å². The van der Waals surface area contributed by atoms with E-state index < -0.39 is 0 Å². The Bertz CT molecular complexity index is 595. The van der Waals surface area contributed by atoms with E-state index in [-0.39, 0.29) is 0 Å². The number of hydrogen-bond donors (Lipinski definition) is 1. The van der Waals surface area contributed by atoms with Gasteiger partial charge in [-0.3, -0.25) is 0 Å². The van der Waals surface area contributed by atoms with Crippen molar-refractivity contribution in [2.45, 2.75) is 12.8 Å².